The van der Waals surface area contributed by atoms with E-state index in [0.717, 1.165) is 5.56 Å². The largest absolute Gasteiger partial charge is 0.467 e. The first kappa shape index (κ1) is 22.8. The second-order valence-corrected chi connectivity index (χ2v) is 7.79. The second-order valence-electron chi connectivity index (χ2n) is 7.79. The first-order valence-electron chi connectivity index (χ1n) is 10.9. The summed E-state index contributed by atoms with van der Waals surface area (Å²) in [7, 11) is 1.27. The van der Waals surface area contributed by atoms with E-state index in [1.54, 1.807) is 71.5 Å². The number of nitrogens with zero attached hydrogens (tertiary/aromatic N) is 4. The number of carbonyl (C=O) groups excluding carboxylic acids is 2. The number of nitrogens with one attached hydrogen (secondary N) is 1. The number of benzene rings is 1. The van der Waals surface area contributed by atoms with Crippen LogP contribution >= 0.6 is 0 Å². The van der Waals surface area contributed by atoms with Gasteiger partial charge in [0.1, 0.15) is 23.0 Å². The maximum absolute atomic E-state index is 14.0. The van der Waals surface area contributed by atoms with Crippen LogP contribution in [0.4, 0.5) is 20.7 Å². The molecule has 0 radical (unpaired) electrons. The van der Waals surface area contributed by atoms with Gasteiger partial charge < -0.3 is 14.1 Å². The lowest BCUT2D eigenvalue weighted by Gasteiger charge is -2.22. The van der Waals surface area contributed by atoms with Crippen LogP contribution in [0.5, 0.6) is 0 Å². The molecule has 2 amide bonds. The zero-order chi connectivity index (χ0) is 25.1. The van der Waals surface area contributed by atoms with E-state index >= 15 is 0 Å². The van der Waals surface area contributed by atoms with Gasteiger partial charge in [0.25, 0.3) is 5.91 Å². The van der Waals surface area contributed by atoms with Gasteiger partial charge in [-0.1, -0.05) is 6.07 Å². The van der Waals surface area contributed by atoms with E-state index in [1.165, 1.54) is 30.4 Å². The fourth-order valence-electron chi connectivity index (χ4n) is 3.73. The molecule has 5 rings (SSSR count). The molecule has 0 saturated carbocycles. The average molecular weight is 485 g/mol. The van der Waals surface area contributed by atoms with E-state index in [4.69, 9.17) is 4.42 Å². The van der Waals surface area contributed by atoms with Crippen molar-refractivity contribution in [2.75, 3.05) is 17.3 Å². The molecule has 0 unspecified atom stereocenters. The molecular formula is C26H20FN5O4. The van der Waals surface area contributed by atoms with Gasteiger partial charge in [-0.05, 0) is 54.6 Å². The van der Waals surface area contributed by atoms with Gasteiger partial charge in [0.05, 0.1) is 37.4 Å². The third-order valence-electron chi connectivity index (χ3n) is 5.49. The highest BCUT2D eigenvalue weighted by molar-refractivity contribution is 6.06. The molecule has 0 bridgehead atoms. The Morgan fingerprint density at radius 1 is 1.08 bits per heavy atom. The molecule has 1 N–H and O–H groups in total. The minimum absolute atomic E-state index is 0.128. The Kier molecular flexibility index (Phi) is 6.14. The highest BCUT2D eigenvalue weighted by atomic mass is 19.1. The first-order valence-corrected chi connectivity index (χ1v) is 10.9. The molecule has 0 spiro atoms. The Bertz CT molecular complexity index is 1530. The summed E-state index contributed by atoms with van der Waals surface area (Å²) in [5.74, 6) is 0.103. The molecule has 36 heavy (non-hydrogen) atoms. The van der Waals surface area contributed by atoms with Crippen molar-refractivity contribution in [3.8, 4) is 11.3 Å². The first-order chi connectivity index (χ1) is 17.5. The van der Waals surface area contributed by atoms with Gasteiger partial charge >= 0.3 is 6.09 Å². The van der Waals surface area contributed by atoms with Crippen molar-refractivity contribution in [3.05, 3.63) is 103 Å². The van der Waals surface area contributed by atoms with Crippen molar-refractivity contribution in [1.82, 2.24) is 14.4 Å². The van der Waals surface area contributed by atoms with Crippen LogP contribution in [-0.4, -0.2) is 33.5 Å². The molecule has 4 aromatic heterocycles. The molecule has 0 aliphatic rings. The molecular weight excluding hydrogens is 465 g/mol. The van der Waals surface area contributed by atoms with Gasteiger partial charge in [-0.25, -0.2) is 19.2 Å². The van der Waals surface area contributed by atoms with Crippen molar-refractivity contribution in [2.24, 2.45) is 0 Å². The number of pyridine rings is 2. The Labute approximate surface area is 204 Å². The highest BCUT2D eigenvalue weighted by Gasteiger charge is 2.21. The van der Waals surface area contributed by atoms with Crippen LogP contribution in [0.2, 0.25) is 0 Å². The van der Waals surface area contributed by atoms with E-state index in [2.05, 4.69) is 20.0 Å². The van der Waals surface area contributed by atoms with Gasteiger partial charge in [0, 0.05) is 23.6 Å². The van der Waals surface area contributed by atoms with Crippen molar-refractivity contribution >= 4 is 29.2 Å². The number of anilines is 2. The summed E-state index contributed by atoms with van der Waals surface area (Å²) in [5, 5.41) is 2.50. The van der Waals surface area contributed by atoms with Crippen molar-refractivity contribution in [1.29, 1.82) is 0 Å². The molecule has 0 saturated heterocycles. The predicted molar refractivity (Wildman–Crippen MR) is 130 cm³/mol. The fourth-order valence-corrected chi connectivity index (χ4v) is 3.73. The number of furan rings is 1. The Morgan fingerprint density at radius 3 is 2.69 bits per heavy atom. The molecule has 5 aromatic rings. The number of hydrogen-bond acceptors (Lipinski definition) is 6. The van der Waals surface area contributed by atoms with Crippen LogP contribution < -0.4 is 10.2 Å². The van der Waals surface area contributed by atoms with Crippen LogP contribution in [0.25, 0.3) is 16.9 Å². The van der Waals surface area contributed by atoms with Gasteiger partial charge in [-0.2, -0.15) is 0 Å². The average Bonchev–Trinajstić information content (AvgIpc) is 3.57. The number of aromatic nitrogens is 3. The van der Waals surface area contributed by atoms with Crippen LogP contribution in [0, 0.1) is 5.82 Å². The standard InChI is InChI=1S/C26H20FN5O4/c1-35-26(34)30-23-9-7-17(13-28-23)22-14-29-24-10-8-18(15-32(22)24)25(33)31(16-21-6-3-11-36-21)20-5-2-4-19(27)12-20/h2-15H,16H2,1H3,(H,28,30,34). The van der Waals surface area contributed by atoms with Crippen molar-refractivity contribution in [2.45, 2.75) is 6.54 Å². The van der Waals surface area contributed by atoms with Gasteiger partial charge in [-0.3, -0.25) is 14.5 Å². The molecule has 4 heterocycles. The molecule has 1 aromatic carbocycles. The molecule has 10 heteroatoms. The monoisotopic (exact) mass is 485 g/mol. The summed E-state index contributed by atoms with van der Waals surface area (Å²) in [5.41, 5.74) is 2.82. The molecule has 0 fully saturated rings. The van der Waals surface area contributed by atoms with E-state index in [-0.39, 0.29) is 12.5 Å². The summed E-state index contributed by atoms with van der Waals surface area (Å²) >= 11 is 0. The maximum Gasteiger partial charge on any atom is 0.412 e. The maximum atomic E-state index is 14.0. The number of fused-ring (bicyclic) bond motifs is 1. The minimum Gasteiger partial charge on any atom is -0.467 e. The highest BCUT2D eigenvalue weighted by Crippen LogP contribution is 2.25. The zero-order valence-corrected chi connectivity index (χ0v) is 19.1. The van der Waals surface area contributed by atoms with E-state index < -0.39 is 11.9 Å². The van der Waals surface area contributed by atoms with Crippen LogP contribution in [-0.2, 0) is 11.3 Å². The van der Waals surface area contributed by atoms with Gasteiger partial charge in [0.15, 0.2) is 0 Å². The number of halogens is 1. The number of methoxy groups -OCH3 is 1. The normalized spacial score (nSPS) is 10.8. The van der Waals surface area contributed by atoms with Crippen LogP contribution in [0.15, 0.2) is 89.9 Å². The van der Waals surface area contributed by atoms with Crippen molar-refractivity contribution < 1.29 is 23.1 Å². The van der Waals surface area contributed by atoms with Gasteiger partial charge in [-0.15, -0.1) is 0 Å². The third-order valence-corrected chi connectivity index (χ3v) is 5.49. The Balaban J connectivity index is 1.49. The smallest absolute Gasteiger partial charge is 0.412 e. The number of ether oxygens (including phenoxy) is 1. The number of amides is 2. The number of carbonyl (C=O) groups is 2. The molecule has 0 aliphatic carbocycles. The lowest BCUT2D eigenvalue weighted by Crippen LogP contribution is -2.30. The SMILES string of the molecule is COC(=O)Nc1ccc(-c2cnc3ccc(C(=O)N(Cc4ccco4)c4cccc(F)c4)cn23)cn1. The fraction of sp³-hybridized carbons (Fsp3) is 0.0769. The molecule has 0 atom stereocenters. The van der Waals surface area contributed by atoms with E-state index in [0.29, 0.717) is 34.2 Å². The molecule has 9 nitrogen and oxygen atoms in total. The number of hydrogen-bond donors (Lipinski definition) is 1. The van der Waals surface area contributed by atoms with Crippen molar-refractivity contribution in [3.63, 3.8) is 0 Å². The number of imidazole rings is 1. The quantitative estimate of drug-likeness (QED) is 0.357. The second kappa shape index (κ2) is 9.71. The lowest BCUT2D eigenvalue weighted by molar-refractivity contribution is 0.0982. The van der Waals surface area contributed by atoms with Crippen LogP contribution in [0.3, 0.4) is 0 Å². The minimum atomic E-state index is -0.620. The third kappa shape index (κ3) is 4.64. The Morgan fingerprint density at radius 2 is 1.97 bits per heavy atom. The predicted octanol–water partition coefficient (Wildman–Crippen LogP) is 5.15. The van der Waals surface area contributed by atoms with Gasteiger partial charge in [0.2, 0.25) is 0 Å². The topological polar surface area (TPSA) is 102 Å². The summed E-state index contributed by atoms with van der Waals surface area (Å²) < 4.78 is 25.8. The number of rotatable bonds is 6. The molecule has 180 valence electrons. The van der Waals surface area contributed by atoms with Crippen LogP contribution in [0.1, 0.15) is 16.1 Å². The Hall–Kier alpha value is -4.99. The lowest BCUT2D eigenvalue weighted by atomic mass is 10.2. The summed E-state index contributed by atoms with van der Waals surface area (Å²) in [6, 6.07) is 16.1. The zero-order valence-electron chi connectivity index (χ0n) is 19.1. The van der Waals surface area contributed by atoms with E-state index in [9.17, 15) is 14.0 Å². The summed E-state index contributed by atoms with van der Waals surface area (Å²) in [6.07, 6.45) is 5.83. The molecule has 0 aliphatic heterocycles. The summed E-state index contributed by atoms with van der Waals surface area (Å²) in [6.45, 7) is 0.128. The van der Waals surface area contributed by atoms with E-state index in [1.807, 2.05) is 0 Å². The summed E-state index contributed by atoms with van der Waals surface area (Å²) in [4.78, 5) is 35.1.